The fourth-order valence-corrected chi connectivity index (χ4v) is 3.56. The van der Waals surface area contributed by atoms with Gasteiger partial charge in [0.15, 0.2) is 5.96 Å². The zero-order chi connectivity index (χ0) is 19.9. The molecule has 0 amide bonds. The monoisotopic (exact) mass is 517 g/mol. The number of aromatic nitrogens is 3. The van der Waals surface area contributed by atoms with Crippen LogP contribution in [0.1, 0.15) is 11.1 Å². The molecular weight excluding hydrogens is 489 g/mol. The number of pyridine rings is 1. The van der Waals surface area contributed by atoms with Crippen LogP contribution in [0.2, 0.25) is 0 Å². The molecule has 8 heteroatoms. The summed E-state index contributed by atoms with van der Waals surface area (Å²) in [5.74, 6) is 1.97. The topological polar surface area (TPSA) is 61.6 Å². The third-order valence-corrected chi connectivity index (χ3v) is 5.09. The first-order chi connectivity index (χ1) is 14.3. The van der Waals surface area contributed by atoms with Crippen molar-refractivity contribution in [2.75, 3.05) is 38.1 Å². The standard InChI is InChI=1S/C22H27N7.HI/c1-23-22(28-13-11-27(12-14-28)21-9-5-6-10-24-21)25-15-20-16-26-29(18-20)17-19-7-3-2-4-8-19;/h2-10,16,18H,11-15,17H2,1H3,(H,23,25);1H. The predicted octanol–water partition coefficient (Wildman–Crippen LogP) is 2.84. The summed E-state index contributed by atoms with van der Waals surface area (Å²) in [5, 5.41) is 7.96. The Balaban J connectivity index is 0.00000256. The van der Waals surface area contributed by atoms with Crippen LogP contribution >= 0.6 is 24.0 Å². The highest BCUT2D eigenvalue weighted by atomic mass is 127. The van der Waals surface area contributed by atoms with Crippen molar-refractivity contribution in [3.8, 4) is 0 Å². The van der Waals surface area contributed by atoms with E-state index in [1.165, 1.54) is 5.56 Å². The first kappa shape index (κ1) is 22.1. The van der Waals surface area contributed by atoms with Gasteiger partial charge in [0.25, 0.3) is 0 Å². The summed E-state index contributed by atoms with van der Waals surface area (Å²) in [7, 11) is 1.84. The minimum absolute atomic E-state index is 0. The summed E-state index contributed by atoms with van der Waals surface area (Å²) < 4.78 is 1.97. The molecule has 1 aliphatic rings. The van der Waals surface area contributed by atoms with Gasteiger partial charge in [-0.2, -0.15) is 5.10 Å². The van der Waals surface area contributed by atoms with E-state index < -0.39 is 0 Å². The van der Waals surface area contributed by atoms with Crippen LogP contribution in [0.5, 0.6) is 0 Å². The normalized spacial score (nSPS) is 14.4. The molecule has 0 saturated carbocycles. The van der Waals surface area contributed by atoms with Gasteiger partial charge in [-0.15, -0.1) is 24.0 Å². The maximum Gasteiger partial charge on any atom is 0.194 e. The van der Waals surface area contributed by atoms with E-state index in [-0.39, 0.29) is 24.0 Å². The third-order valence-electron chi connectivity index (χ3n) is 5.09. The molecule has 0 unspecified atom stereocenters. The van der Waals surface area contributed by atoms with Gasteiger partial charge in [0.2, 0.25) is 0 Å². The van der Waals surface area contributed by atoms with E-state index in [1.807, 2.05) is 42.3 Å². The summed E-state index contributed by atoms with van der Waals surface area (Å²) in [6.45, 7) is 5.21. The van der Waals surface area contributed by atoms with Gasteiger partial charge in [-0.05, 0) is 17.7 Å². The Kier molecular flexibility index (Phi) is 8.06. The summed E-state index contributed by atoms with van der Waals surface area (Å²) in [4.78, 5) is 13.5. The molecule has 1 aromatic carbocycles. The number of hydrogen-bond acceptors (Lipinski definition) is 4. The zero-order valence-corrected chi connectivity index (χ0v) is 19.5. The first-order valence-corrected chi connectivity index (χ1v) is 9.98. The second-order valence-corrected chi connectivity index (χ2v) is 7.09. The number of guanidine groups is 1. The molecule has 158 valence electrons. The van der Waals surface area contributed by atoms with E-state index in [4.69, 9.17) is 0 Å². The molecule has 0 spiro atoms. The van der Waals surface area contributed by atoms with Crippen molar-refractivity contribution in [2.24, 2.45) is 4.99 Å². The number of anilines is 1. The summed E-state index contributed by atoms with van der Waals surface area (Å²) >= 11 is 0. The highest BCUT2D eigenvalue weighted by molar-refractivity contribution is 14.0. The van der Waals surface area contributed by atoms with Crippen LogP contribution in [0.25, 0.3) is 0 Å². The van der Waals surface area contributed by atoms with E-state index >= 15 is 0 Å². The van der Waals surface area contributed by atoms with Crippen molar-refractivity contribution in [3.05, 3.63) is 78.2 Å². The molecule has 4 rings (SSSR count). The Morgan fingerprint density at radius 1 is 1.00 bits per heavy atom. The molecule has 0 bridgehead atoms. The van der Waals surface area contributed by atoms with Gasteiger partial charge < -0.3 is 15.1 Å². The maximum atomic E-state index is 4.48. The van der Waals surface area contributed by atoms with E-state index in [2.05, 4.69) is 66.7 Å². The molecule has 1 aliphatic heterocycles. The Morgan fingerprint density at radius 3 is 2.47 bits per heavy atom. The molecule has 7 nitrogen and oxygen atoms in total. The van der Waals surface area contributed by atoms with Crippen molar-refractivity contribution < 1.29 is 0 Å². The molecule has 3 aromatic rings. The number of hydrogen-bond donors (Lipinski definition) is 1. The van der Waals surface area contributed by atoms with E-state index in [0.29, 0.717) is 6.54 Å². The number of benzene rings is 1. The van der Waals surface area contributed by atoms with Gasteiger partial charge >= 0.3 is 0 Å². The summed E-state index contributed by atoms with van der Waals surface area (Å²) in [6, 6.07) is 16.4. The lowest BCUT2D eigenvalue weighted by Gasteiger charge is -2.37. The lowest BCUT2D eigenvalue weighted by Crippen LogP contribution is -2.52. The van der Waals surface area contributed by atoms with Crippen molar-refractivity contribution in [2.45, 2.75) is 13.1 Å². The predicted molar refractivity (Wildman–Crippen MR) is 131 cm³/mol. The molecule has 3 heterocycles. The fraction of sp³-hybridized carbons (Fsp3) is 0.318. The highest BCUT2D eigenvalue weighted by Gasteiger charge is 2.20. The maximum absolute atomic E-state index is 4.48. The SMILES string of the molecule is CN=C(NCc1cnn(Cc2ccccc2)c1)N1CCN(c2ccccn2)CC1.I. The van der Waals surface area contributed by atoms with Crippen LogP contribution in [0.15, 0.2) is 72.1 Å². The Hall–Kier alpha value is -2.62. The van der Waals surface area contributed by atoms with Gasteiger partial charge in [-0.1, -0.05) is 36.4 Å². The second-order valence-electron chi connectivity index (χ2n) is 7.09. The Labute approximate surface area is 194 Å². The second kappa shape index (κ2) is 11.0. The Morgan fingerprint density at radius 2 is 1.77 bits per heavy atom. The minimum Gasteiger partial charge on any atom is -0.353 e. The van der Waals surface area contributed by atoms with E-state index in [1.54, 1.807) is 0 Å². The van der Waals surface area contributed by atoms with Crippen LogP contribution in [-0.2, 0) is 13.1 Å². The summed E-state index contributed by atoms with van der Waals surface area (Å²) in [6.07, 6.45) is 5.86. The van der Waals surface area contributed by atoms with Crippen molar-refractivity contribution in [1.29, 1.82) is 0 Å². The third kappa shape index (κ3) is 5.71. The van der Waals surface area contributed by atoms with Gasteiger partial charge in [0.1, 0.15) is 5.82 Å². The van der Waals surface area contributed by atoms with Gasteiger partial charge in [0, 0.05) is 57.7 Å². The molecule has 1 fully saturated rings. The average Bonchev–Trinajstić information content (AvgIpc) is 3.23. The van der Waals surface area contributed by atoms with Crippen LogP contribution in [0.3, 0.4) is 0 Å². The lowest BCUT2D eigenvalue weighted by molar-refractivity contribution is 0.371. The highest BCUT2D eigenvalue weighted by Crippen LogP contribution is 2.12. The number of halogens is 1. The Bertz CT molecular complexity index is 919. The molecular formula is C22H28IN7. The number of nitrogens with zero attached hydrogens (tertiary/aromatic N) is 6. The van der Waals surface area contributed by atoms with E-state index in [0.717, 1.165) is 50.1 Å². The average molecular weight is 517 g/mol. The lowest BCUT2D eigenvalue weighted by atomic mass is 10.2. The van der Waals surface area contributed by atoms with Crippen LogP contribution in [0.4, 0.5) is 5.82 Å². The molecule has 0 atom stereocenters. The number of rotatable bonds is 5. The fourth-order valence-electron chi connectivity index (χ4n) is 3.56. The first-order valence-electron chi connectivity index (χ1n) is 9.98. The van der Waals surface area contributed by atoms with Crippen LogP contribution in [-0.4, -0.2) is 58.9 Å². The van der Waals surface area contributed by atoms with Crippen LogP contribution < -0.4 is 10.2 Å². The van der Waals surface area contributed by atoms with Crippen molar-refractivity contribution in [1.82, 2.24) is 25.0 Å². The zero-order valence-electron chi connectivity index (χ0n) is 17.2. The molecule has 1 saturated heterocycles. The van der Waals surface area contributed by atoms with E-state index in [9.17, 15) is 0 Å². The summed E-state index contributed by atoms with van der Waals surface area (Å²) in [5.41, 5.74) is 2.39. The minimum atomic E-state index is 0. The largest absolute Gasteiger partial charge is 0.353 e. The quantitative estimate of drug-likeness (QED) is 0.321. The number of aliphatic imine (C=N–C) groups is 1. The number of piperazine rings is 1. The van der Waals surface area contributed by atoms with Gasteiger partial charge in [-0.25, -0.2) is 4.98 Å². The molecule has 30 heavy (non-hydrogen) atoms. The van der Waals surface area contributed by atoms with Gasteiger partial charge in [0.05, 0.1) is 12.7 Å². The van der Waals surface area contributed by atoms with Crippen molar-refractivity contribution in [3.63, 3.8) is 0 Å². The molecule has 0 radical (unpaired) electrons. The number of nitrogens with one attached hydrogen (secondary N) is 1. The van der Waals surface area contributed by atoms with Crippen molar-refractivity contribution >= 4 is 35.8 Å². The molecule has 2 aromatic heterocycles. The van der Waals surface area contributed by atoms with Crippen LogP contribution in [0, 0.1) is 0 Å². The molecule has 0 aliphatic carbocycles. The van der Waals surface area contributed by atoms with Gasteiger partial charge in [-0.3, -0.25) is 9.67 Å². The smallest absolute Gasteiger partial charge is 0.194 e. The molecule has 1 N–H and O–H groups in total.